The van der Waals surface area contributed by atoms with Gasteiger partial charge in [-0.25, -0.2) is 4.39 Å². The Morgan fingerprint density at radius 3 is 1.87 bits per heavy atom. The lowest BCUT2D eigenvalue weighted by Gasteiger charge is -2.38. The Labute approximate surface area is 87.7 Å². The summed E-state index contributed by atoms with van der Waals surface area (Å²) in [6.07, 6.45) is -1.35. The Hall–Kier alpha value is -1.13. The van der Waals surface area contributed by atoms with Crippen molar-refractivity contribution in [2.24, 2.45) is 5.41 Å². The first-order valence-corrected chi connectivity index (χ1v) is 5.05. The lowest BCUT2D eigenvalue weighted by molar-refractivity contribution is -0.184. The Balaban J connectivity index is 2.71. The van der Waals surface area contributed by atoms with E-state index in [4.69, 9.17) is 9.47 Å². The molecule has 0 aliphatic heterocycles. The van der Waals surface area contributed by atoms with E-state index in [1.54, 1.807) is 13.8 Å². The van der Waals surface area contributed by atoms with Crippen molar-refractivity contribution in [1.82, 2.24) is 0 Å². The molecule has 4 nitrogen and oxygen atoms in total. The van der Waals surface area contributed by atoms with E-state index < -0.39 is 23.5 Å². The van der Waals surface area contributed by atoms with Crippen LogP contribution in [0.4, 0.5) is 4.39 Å². The van der Waals surface area contributed by atoms with Gasteiger partial charge in [0.25, 0.3) is 0 Å². The monoisotopic (exact) mass is 218 g/mol. The summed E-state index contributed by atoms with van der Waals surface area (Å²) < 4.78 is 22.3. The molecular formula is C10H15FO4. The molecule has 1 saturated carbocycles. The smallest absolute Gasteiger partial charge is 0.323 e. The molecule has 0 spiro atoms. The molecule has 1 fully saturated rings. The molecule has 0 radical (unpaired) electrons. The zero-order valence-electron chi connectivity index (χ0n) is 8.92. The molecule has 1 aliphatic rings. The molecular weight excluding hydrogens is 203 g/mol. The average Bonchev–Trinajstić information content (AvgIpc) is 2.13. The van der Waals surface area contributed by atoms with Crippen LogP contribution >= 0.6 is 0 Å². The number of hydrogen-bond donors (Lipinski definition) is 0. The number of esters is 2. The average molecular weight is 218 g/mol. The van der Waals surface area contributed by atoms with E-state index in [0.29, 0.717) is 0 Å². The van der Waals surface area contributed by atoms with Gasteiger partial charge in [-0.15, -0.1) is 0 Å². The first-order chi connectivity index (χ1) is 7.06. The lowest BCUT2D eigenvalue weighted by Crippen LogP contribution is -2.52. The minimum Gasteiger partial charge on any atom is -0.465 e. The third-order valence-corrected chi connectivity index (χ3v) is 2.47. The van der Waals surface area contributed by atoms with Crippen LogP contribution in [0.1, 0.15) is 26.7 Å². The van der Waals surface area contributed by atoms with Gasteiger partial charge in [0, 0.05) is 12.8 Å². The standard InChI is InChI=1S/C10H15FO4/c1-3-14-8(12)10(5-7(11)6-10)9(13)15-4-2/h7H,3-6H2,1-2H3. The summed E-state index contributed by atoms with van der Waals surface area (Å²) in [5.74, 6) is -1.34. The molecule has 0 aromatic rings. The predicted octanol–water partition coefficient (Wildman–Crippen LogP) is 1.23. The summed E-state index contributed by atoms with van der Waals surface area (Å²) in [5, 5.41) is 0. The van der Waals surface area contributed by atoms with Crippen molar-refractivity contribution >= 4 is 11.9 Å². The summed E-state index contributed by atoms with van der Waals surface area (Å²) in [7, 11) is 0. The third-order valence-electron chi connectivity index (χ3n) is 2.47. The minimum absolute atomic E-state index is 0.120. The Kier molecular flexibility index (Phi) is 3.66. The first-order valence-electron chi connectivity index (χ1n) is 5.05. The van der Waals surface area contributed by atoms with Gasteiger partial charge in [0.2, 0.25) is 0 Å². The molecule has 0 N–H and O–H groups in total. The highest BCUT2D eigenvalue weighted by Gasteiger charge is 2.59. The van der Waals surface area contributed by atoms with E-state index in [0.717, 1.165) is 0 Å². The van der Waals surface area contributed by atoms with Crippen molar-refractivity contribution in [3.63, 3.8) is 0 Å². The number of carbonyl (C=O) groups excluding carboxylic acids is 2. The van der Waals surface area contributed by atoms with Crippen LogP contribution in [0, 0.1) is 5.41 Å². The zero-order chi connectivity index (χ0) is 11.5. The van der Waals surface area contributed by atoms with Crippen LogP contribution in [-0.4, -0.2) is 31.3 Å². The number of rotatable bonds is 4. The highest BCUT2D eigenvalue weighted by molar-refractivity contribution is 6.01. The molecule has 0 atom stereocenters. The summed E-state index contributed by atoms with van der Waals surface area (Å²) >= 11 is 0. The topological polar surface area (TPSA) is 52.6 Å². The number of alkyl halides is 1. The van der Waals surface area contributed by atoms with E-state index in [1.807, 2.05) is 0 Å². The fraction of sp³-hybridized carbons (Fsp3) is 0.800. The molecule has 0 saturated heterocycles. The van der Waals surface area contributed by atoms with Crippen LogP contribution in [0.2, 0.25) is 0 Å². The summed E-state index contributed by atoms with van der Waals surface area (Å²) in [5.41, 5.74) is -1.38. The maximum Gasteiger partial charge on any atom is 0.323 e. The van der Waals surface area contributed by atoms with E-state index in [1.165, 1.54) is 0 Å². The molecule has 0 aromatic heterocycles. The molecule has 0 aromatic carbocycles. The normalized spacial score (nSPS) is 19.1. The quantitative estimate of drug-likeness (QED) is 0.526. The minimum atomic E-state index is -1.38. The van der Waals surface area contributed by atoms with Gasteiger partial charge in [-0.1, -0.05) is 0 Å². The second kappa shape index (κ2) is 4.59. The molecule has 1 aliphatic carbocycles. The van der Waals surface area contributed by atoms with E-state index >= 15 is 0 Å². The predicted molar refractivity (Wildman–Crippen MR) is 49.8 cm³/mol. The van der Waals surface area contributed by atoms with Crippen molar-refractivity contribution in [3.05, 3.63) is 0 Å². The summed E-state index contributed by atoms with van der Waals surface area (Å²) in [6.45, 7) is 3.64. The van der Waals surface area contributed by atoms with Crippen molar-refractivity contribution in [1.29, 1.82) is 0 Å². The SMILES string of the molecule is CCOC(=O)C1(C(=O)OCC)CC(F)C1. The van der Waals surface area contributed by atoms with Crippen molar-refractivity contribution in [3.8, 4) is 0 Å². The maximum atomic E-state index is 12.8. The van der Waals surface area contributed by atoms with Gasteiger partial charge in [0.15, 0.2) is 5.41 Å². The van der Waals surface area contributed by atoms with Gasteiger partial charge in [0.05, 0.1) is 13.2 Å². The van der Waals surface area contributed by atoms with Gasteiger partial charge in [-0.3, -0.25) is 9.59 Å². The highest BCUT2D eigenvalue weighted by Crippen LogP contribution is 2.45. The Morgan fingerprint density at radius 1 is 1.20 bits per heavy atom. The van der Waals surface area contributed by atoms with E-state index in [2.05, 4.69) is 0 Å². The second-order valence-corrected chi connectivity index (χ2v) is 3.53. The van der Waals surface area contributed by atoms with Crippen LogP contribution in [0.25, 0.3) is 0 Å². The molecule has 0 amide bonds. The van der Waals surface area contributed by atoms with Crippen LogP contribution in [-0.2, 0) is 19.1 Å². The second-order valence-electron chi connectivity index (χ2n) is 3.53. The fourth-order valence-electron chi connectivity index (χ4n) is 1.65. The van der Waals surface area contributed by atoms with E-state index in [-0.39, 0.29) is 26.1 Å². The van der Waals surface area contributed by atoms with E-state index in [9.17, 15) is 14.0 Å². The number of hydrogen-bond acceptors (Lipinski definition) is 4. The molecule has 0 unspecified atom stereocenters. The molecule has 0 heterocycles. The molecule has 86 valence electrons. The number of ether oxygens (including phenoxy) is 2. The van der Waals surface area contributed by atoms with Gasteiger partial charge in [-0.05, 0) is 13.8 Å². The molecule has 15 heavy (non-hydrogen) atoms. The van der Waals surface area contributed by atoms with Crippen LogP contribution < -0.4 is 0 Å². The largest absolute Gasteiger partial charge is 0.465 e. The van der Waals surface area contributed by atoms with Crippen LogP contribution in [0.5, 0.6) is 0 Å². The van der Waals surface area contributed by atoms with Gasteiger partial charge < -0.3 is 9.47 Å². The Bertz CT molecular complexity index is 238. The van der Waals surface area contributed by atoms with Gasteiger partial charge in [-0.2, -0.15) is 0 Å². The summed E-state index contributed by atoms with van der Waals surface area (Å²) in [4.78, 5) is 23.0. The highest BCUT2D eigenvalue weighted by atomic mass is 19.1. The molecule has 0 bridgehead atoms. The van der Waals surface area contributed by atoms with Crippen molar-refractivity contribution < 1.29 is 23.5 Å². The molecule has 5 heteroatoms. The Morgan fingerprint density at radius 2 is 1.60 bits per heavy atom. The number of halogens is 1. The lowest BCUT2D eigenvalue weighted by atomic mass is 9.67. The fourth-order valence-corrected chi connectivity index (χ4v) is 1.65. The number of carbonyl (C=O) groups is 2. The van der Waals surface area contributed by atoms with Crippen molar-refractivity contribution in [2.75, 3.05) is 13.2 Å². The van der Waals surface area contributed by atoms with Crippen LogP contribution in [0.3, 0.4) is 0 Å². The third kappa shape index (κ3) is 2.11. The molecule has 1 rings (SSSR count). The van der Waals surface area contributed by atoms with Gasteiger partial charge in [0.1, 0.15) is 6.17 Å². The zero-order valence-corrected chi connectivity index (χ0v) is 8.92. The van der Waals surface area contributed by atoms with Crippen LogP contribution in [0.15, 0.2) is 0 Å². The first kappa shape index (κ1) is 11.9. The summed E-state index contributed by atoms with van der Waals surface area (Å²) in [6, 6.07) is 0. The van der Waals surface area contributed by atoms with Crippen molar-refractivity contribution in [2.45, 2.75) is 32.9 Å². The maximum absolute atomic E-state index is 12.8. The van der Waals surface area contributed by atoms with Gasteiger partial charge >= 0.3 is 11.9 Å².